The van der Waals surface area contributed by atoms with Crippen LogP contribution in [0.1, 0.15) is 25.0 Å². The molecule has 0 spiro atoms. The lowest BCUT2D eigenvalue weighted by Crippen LogP contribution is -2.49. The Kier molecular flexibility index (Phi) is 7.80. The molecule has 0 radical (unpaired) electrons. The highest BCUT2D eigenvalue weighted by molar-refractivity contribution is 7.89. The van der Waals surface area contributed by atoms with E-state index >= 15 is 0 Å². The van der Waals surface area contributed by atoms with E-state index in [-0.39, 0.29) is 35.8 Å². The van der Waals surface area contributed by atoms with Crippen molar-refractivity contribution in [2.75, 3.05) is 33.9 Å². The van der Waals surface area contributed by atoms with Crippen LogP contribution in [0.25, 0.3) is 0 Å². The quantitative estimate of drug-likeness (QED) is 0.667. The van der Waals surface area contributed by atoms with Crippen LogP contribution in [0.15, 0.2) is 47.4 Å². The van der Waals surface area contributed by atoms with Crippen LogP contribution >= 0.6 is 0 Å². The average molecular weight is 459 g/mol. The maximum absolute atomic E-state index is 13.4. The molecule has 1 aliphatic rings. The molecule has 0 saturated heterocycles. The minimum atomic E-state index is -3.85. The van der Waals surface area contributed by atoms with Crippen LogP contribution in [-0.4, -0.2) is 63.8 Å². The highest BCUT2D eigenvalue weighted by atomic mass is 32.2. The van der Waals surface area contributed by atoms with Gasteiger partial charge in [0, 0.05) is 36.2 Å². The van der Waals surface area contributed by atoms with Crippen LogP contribution in [0, 0.1) is 17.8 Å². The van der Waals surface area contributed by atoms with Gasteiger partial charge < -0.3 is 19.9 Å². The van der Waals surface area contributed by atoms with Gasteiger partial charge in [-0.15, -0.1) is 0 Å². The van der Waals surface area contributed by atoms with Crippen molar-refractivity contribution in [3.05, 3.63) is 53.6 Å². The normalized spacial score (nSPS) is 21.2. The predicted molar refractivity (Wildman–Crippen MR) is 123 cm³/mol. The fraction of sp³-hybridized carbons (Fsp3) is 0.417. The summed E-state index contributed by atoms with van der Waals surface area (Å²) in [5.74, 6) is 7.05. The third-order valence-corrected chi connectivity index (χ3v) is 7.51. The topological polar surface area (TPSA) is 88.1 Å². The van der Waals surface area contributed by atoms with Gasteiger partial charge >= 0.3 is 0 Å². The molecule has 8 heteroatoms. The monoisotopic (exact) mass is 458 g/mol. The first-order valence-corrected chi connectivity index (χ1v) is 12.0. The van der Waals surface area contributed by atoms with E-state index in [1.165, 1.54) is 10.4 Å². The number of ether oxygens (including phenoxy) is 2. The Morgan fingerprint density at radius 3 is 2.62 bits per heavy atom. The molecule has 0 fully saturated rings. The molecule has 3 atom stereocenters. The van der Waals surface area contributed by atoms with Gasteiger partial charge in [-0.2, -0.15) is 4.31 Å². The highest BCUT2D eigenvalue weighted by Gasteiger charge is 2.37. The molecule has 0 unspecified atom stereocenters. The number of hydrogen-bond donors (Lipinski definition) is 2. The van der Waals surface area contributed by atoms with Gasteiger partial charge in [-0.25, -0.2) is 8.42 Å². The third-order valence-electron chi connectivity index (χ3n) is 5.49. The third kappa shape index (κ3) is 5.25. The Morgan fingerprint density at radius 2 is 1.97 bits per heavy atom. The Bertz CT molecular complexity index is 1110. The van der Waals surface area contributed by atoms with Gasteiger partial charge in [-0.1, -0.05) is 24.8 Å². The molecule has 32 heavy (non-hydrogen) atoms. The van der Waals surface area contributed by atoms with Gasteiger partial charge in [0.15, 0.2) is 0 Å². The standard InChI is InChI=1S/C24H30N2O5S/c1-17-15-26(18(2)16-27)32(28,29)24-11-10-20(13-22(24)31-23(17)14-25-3)9-8-19-6-5-7-21(12-19)30-4/h5-7,10-13,17-18,23,25,27H,14-16H2,1-4H3/t17-,18+,23+/m0/s1. The van der Waals surface area contributed by atoms with Crippen LogP contribution < -0.4 is 14.8 Å². The number of rotatable bonds is 5. The Balaban J connectivity index is 2.05. The fourth-order valence-electron chi connectivity index (χ4n) is 3.59. The predicted octanol–water partition coefficient (Wildman–Crippen LogP) is 2.08. The summed E-state index contributed by atoms with van der Waals surface area (Å²) in [7, 11) is -0.425. The summed E-state index contributed by atoms with van der Waals surface area (Å²) in [5.41, 5.74) is 1.43. The Hall–Kier alpha value is -2.57. The van der Waals surface area contributed by atoms with E-state index in [2.05, 4.69) is 17.2 Å². The zero-order valence-corrected chi connectivity index (χ0v) is 19.6. The van der Waals surface area contributed by atoms with E-state index in [9.17, 15) is 13.5 Å². The molecule has 2 N–H and O–H groups in total. The zero-order chi connectivity index (χ0) is 23.3. The van der Waals surface area contributed by atoms with Gasteiger partial charge in [0.2, 0.25) is 10.0 Å². The van der Waals surface area contributed by atoms with Gasteiger partial charge in [0.05, 0.1) is 13.7 Å². The molecule has 0 amide bonds. The molecule has 3 rings (SSSR count). The van der Waals surface area contributed by atoms with Gasteiger partial charge in [-0.3, -0.25) is 0 Å². The highest BCUT2D eigenvalue weighted by Crippen LogP contribution is 2.33. The second kappa shape index (κ2) is 10.4. The number of nitrogens with zero attached hydrogens (tertiary/aromatic N) is 1. The maximum Gasteiger partial charge on any atom is 0.247 e. The van der Waals surface area contributed by atoms with E-state index in [0.717, 1.165) is 5.56 Å². The summed E-state index contributed by atoms with van der Waals surface area (Å²) < 4.78 is 39.6. The summed E-state index contributed by atoms with van der Waals surface area (Å²) >= 11 is 0. The van der Waals surface area contributed by atoms with E-state index in [0.29, 0.717) is 17.9 Å². The van der Waals surface area contributed by atoms with Crippen molar-refractivity contribution >= 4 is 10.0 Å². The minimum absolute atomic E-state index is 0.0812. The van der Waals surface area contributed by atoms with Crippen molar-refractivity contribution < 1.29 is 23.0 Å². The van der Waals surface area contributed by atoms with E-state index in [1.807, 2.05) is 38.2 Å². The first-order chi connectivity index (χ1) is 15.3. The lowest BCUT2D eigenvalue weighted by molar-refractivity contribution is 0.103. The van der Waals surface area contributed by atoms with Crippen molar-refractivity contribution in [2.45, 2.75) is 30.9 Å². The van der Waals surface area contributed by atoms with Crippen LogP contribution in [0.3, 0.4) is 0 Å². The van der Waals surface area contributed by atoms with Crippen LogP contribution in [0.2, 0.25) is 0 Å². The van der Waals surface area contributed by atoms with Crippen LogP contribution in [0.4, 0.5) is 0 Å². The molecule has 172 valence electrons. The molecular weight excluding hydrogens is 428 g/mol. The van der Waals surface area contributed by atoms with Crippen molar-refractivity contribution in [3.8, 4) is 23.3 Å². The number of methoxy groups -OCH3 is 1. The first-order valence-electron chi connectivity index (χ1n) is 10.5. The number of hydrogen-bond acceptors (Lipinski definition) is 6. The number of fused-ring (bicyclic) bond motifs is 1. The van der Waals surface area contributed by atoms with Gasteiger partial charge in [0.25, 0.3) is 0 Å². The SMILES string of the molecule is CNC[C@H]1Oc2cc(C#Cc3cccc(OC)c3)ccc2S(=O)(=O)N([C@H](C)CO)C[C@@H]1C. The summed E-state index contributed by atoms with van der Waals surface area (Å²) in [6, 6.07) is 11.7. The van der Waals surface area contributed by atoms with E-state index in [4.69, 9.17) is 9.47 Å². The molecule has 2 aromatic rings. The molecule has 1 heterocycles. The van der Waals surface area contributed by atoms with Crippen LogP contribution in [0.5, 0.6) is 11.5 Å². The average Bonchev–Trinajstić information content (AvgIpc) is 2.79. The number of aliphatic hydroxyl groups is 1. The molecule has 0 bridgehead atoms. The molecule has 2 aromatic carbocycles. The molecule has 1 aliphatic heterocycles. The lowest BCUT2D eigenvalue weighted by atomic mass is 10.0. The smallest absolute Gasteiger partial charge is 0.247 e. The van der Waals surface area contributed by atoms with Gasteiger partial charge in [0.1, 0.15) is 22.5 Å². The number of benzene rings is 2. The molecule has 0 saturated carbocycles. The number of sulfonamides is 1. The second-order valence-corrected chi connectivity index (χ2v) is 9.80. The first kappa shape index (κ1) is 24.1. The molecule has 0 aliphatic carbocycles. The number of likely N-dealkylation sites (N-methyl/N-ethyl adjacent to an activating group) is 1. The van der Waals surface area contributed by atoms with Crippen molar-refractivity contribution in [3.63, 3.8) is 0 Å². The van der Waals surface area contributed by atoms with Gasteiger partial charge in [-0.05, 0) is 50.4 Å². The summed E-state index contributed by atoms with van der Waals surface area (Å²) in [6.07, 6.45) is -0.246. The summed E-state index contributed by atoms with van der Waals surface area (Å²) in [6.45, 7) is 4.21. The Labute approximate surface area is 190 Å². The largest absolute Gasteiger partial charge is 0.497 e. The lowest BCUT2D eigenvalue weighted by Gasteiger charge is -2.36. The van der Waals surface area contributed by atoms with Crippen molar-refractivity contribution in [2.24, 2.45) is 5.92 Å². The molecular formula is C24H30N2O5S. The summed E-state index contributed by atoms with van der Waals surface area (Å²) in [4.78, 5) is 0.0812. The maximum atomic E-state index is 13.4. The van der Waals surface area contributed by atoms with Crippen molar-refractivity contribution in [1.82, 2.24) is 9.62 Å². The second-order valence-electron chi connectivity index (χ2n) is 7.94. The zero-order valence-electron chi connectivity index (χ0n) is 18.8. The van der Waals surface area contributed by atoms with E-state index in [1.54, 1.807) is 26.2 Å². The number of aliphatic hydroxyl groups excluding tert-OH is 1. The fourth-order valence-corrected chi connectivity index (χ4v) is 5.42. The molecule has 0 aromatic heterocycles. The Morgan fingerprint density at radius 1 is 1.25 bits per heavy atom. The van der Waals surface area contributed by atoms with Crippen LogP contribution in [-0.2, 0) is 10.0 Å². The minimum Gasteiger partial charge on any atom is -0.497 e. The number of nitrogens with one attached hydrogen (secondary N) is 1. The van der Waals surface area contributed by atoms with Crippen molar-refractivity contribution in [1.29, 1.82) is 0 Å². The molecule has 7 nitrogen and oxygen atoms in total. The summed E-state index contributed by atoms with van der Waals surface area (Å²) in [5, 5.41) is 12.8. The van der Waals surface area contributed by atoms with E-state index < -0.39 is 16.1 Å².